The molecule has 98 valence electrons. The molecule has 0 atom stereocenters. The summed E-state index contributed by atoms with van der Waals surface area (Å²) in [5.41, 5.74) is 0.631. The number of benzene rings is 1. The molecule has 0 bridgehead atoms. The Labute approximate surface area is 102 Å². The zero-order chi connectivity index (χ0) is 13.5. The zero-order valence-corrected chi connectivity index (χ0v) is 10.1. The number of hydrogen-bond acceptors (Lipinski definition) is 4. The summed E-state index contributed by atoms with van der Waals surface area (Å²) in [4.78, 5) is 11.4. The Kier molecular flexibility index (Phi) is 2.88. The zero-order valence-electron chi connectivity index (χ0n) is 10.1. The SMILES string of the molecule is COC(=O)c1cc2c(c(C(C)C)c1)OC(F)(F)O2. The predicted molar refractivity (Wildman–Crippen MR) is 58.1 cm³/mol. The summed E-state index contributed by atoms with van der Waals surface area (Å²) in [5, 5.41) is 0. The Balaban J connectivity index is 2.54. The van der Waals surface area contributed by atoms with Crippen molar-refractivity contribution in [3.05, 3.63) is 23.3 Å². The van der Waals surface area contributed by atoms with Crippen molar-refractivity contribution in [3.8, 4) is 11.5 Å². The van der Waals surface area contributed by atoms with Gasteiger partial charge in [0.15, 0.2) is 11.5 Å². The maximum atomic E-state index is 13.0. The van der Waals surface area contributed by atoms with Gasteiger partial charge in [-0.15, -0.1) is 8.78 Å². The fourth-order valence-electron chi connectivity index (χ4n) is 1.74. The van der Waals surface area contributed by atoms with E-state index in [1.807, 2.05) is 0 Å². The third-order valence-corrected chi connectivity index (χ3v) is 2.58. The highest BCUT2D eigenvalue weighted by molar-refractivity contribution is 5.90. The highest BCUT2D eigenvalue weighted by Crippen LogP contribution is 2.46. The van der Waals surface area contributed by atoms with Crippen molar-refractivity contribution < 1.29 is 27.8 Å². The van der Waals surface area contributed by atoms with Gasteiger partial charge in [0.2, 0.25) is 0 Å². The molecule has 2 rings (SSSR count). The van der Waals surface area contributed by atoms with Crippen LogP contribution in [-0.4, -0.2) is 19.4 Å². The summed E-state index contributed by atoms with van der Waals surface area (Å²) in [6, 6.07) is 2.66. The van der Waals surface area contributed by atoms with Crippen LogP contribution in [0.3, 0.4) is 0 Å². The molecule has 0 N–H and O–H groups in total. The Morgan fingerprint density at radius 3 is 2.56 bits per heavy atom. The predicted octanol–water partition coefficient (Wildman–Crippen LogP) is 2.92. The molecule has 0 unspecified atom stereocenters. The number of esters is 1. The van der Waals surface area contributed by atoms with Gasteiger partial charge in [-0.1, -0.05) is 13.8 Å². The van der Waals surface area contributed by atoms with Gasteiger partial charge >= 0.3 is 12.3 Å². The molecule has 18 heavy (non-hydrogen) atoms. The number of rotatable bonds is 2. The maximum absolute atomic E-state index is 13.0. The summed E-state index contributed by atoms with van der Waals surface area (Å²) in [6.07, 6.45) is -3.69. The van der Waals surface area contributed by atoms with Crippen LogP contribution < -0.4 is 9.47 Å². The van der Waals surface area contributed by atoms with Crippen LogP contribution in [0.4, 0.5) is 8.78 Å². The number of fused-ring (bicyclic) bond motifs is 1. The molecule has 0 fully saturated rings. The molecule has 1 aromatic rings. The van der Waals surface area contributed by atoms with Crippen molar-refractivity contribution >= 4 is 5.97 Å². The number of halogens is 2. The first kappa shape index (κ1) is 12.6. The van der Waals surface area contributed by atoms with E-state index in [0.29, 0.717) is 5.56 Å². The standard InChI is InChI=1S/C12H12F2O4/c1-6(2)8-4-7(11(15)16-3)5-9-10(8)18-12(13,14)17-9/h4-6H,1-3H3. The van der Waals surface area contributed by atoms with Crippen molar-refractivity contribution in [2.75, 3.05) is 7.11 Å². The molecule has 0 spiro atoms. The van der Waals surface area contributed by atoms with Gasteiger partial charge in [0.05, 0.1) is 12.7 Å². The van der Waals surface area contributed by atoms with Crippen LogP contribution in [0.1, 0.15) is 35.7 Å². The van der Waals surface area contributed by atoms with Gasteiger partial charge in [-0.25, -0.2) is 4.79 Å². The number of alkyl halides is 2. The van der Waals surface area contributed by atoms with E-state index in [1.165, 1.54) is 19.2 Å². The summed E-state index contributed by atoms with van der Waals surface area (Å²) in [6.45, 7) is 3.60. The topological polar surface area (TPSA) is 44.8 Å². The van der Waals surface area contributed by atoms with Gasteiger partial charge in [-0.3, -0.25) is 0 Å². The maximum Gasteiger partial charge on any atom is 0.586 e. The summed E-state index contributed by atoms with van der Waals surface area (Å²) in [5.74, 6) is -0.881. The van der Waals surface area contributed by atoms with Crippen LogP contribution in [-0.2, 0) is 4.74 Å². The second kappa shape index (κ2) is 4.12. The average molecular weight is 258 g/mol. The van der Waals surface area contributed by atoms with Gasteiger partial charge in [-0.2, -0.15) is 0 Å². The molecule has 0 saturated carbocycles. The minimum atomic E-state index is -3.69. The molecule has 1 aromatic carbocycles. The normalized spacial score (nSPS) is 15.9. The van der Waals surface area contributed by atoms with E-state index >= 15 is 0 Å². The fraction of sp³-hybridized carbons (Fsp3) is 0.417. The molecule has 0 aromatic heterocycles. The third kappa shape index (κ3) is 2.10. The van der Waals surface area contributed by atoms with Crippen LogP contribution >= 0.6 is 0 Å². The smallest absolute Gasteiger partial charge is 0.465 e. The van der Waals surface area contributed by atoms with Gasteiger partial charge in [0.1, 0.15) is 0 Å². The first-order valence-corrected chi connectivity index (χ1v) is 5.36. The summed E-state index contributed by atoms with van der Waals surface area (Å²) in [7, 11) is 1.22. The Hall–Kier alpha value is -1.85. The summed E-state index contributed by atoms with van der Waals surface area (Å²) < 4.78 is 39.4. The Morgan fingerprint density at radius 1 is 1.33 bits per heavy atom. The van der Waals surface area contributed by atoms with Crippen molar-refractivity contribution in [3.63, 3.8) is 0 Å². The third-order valence-electron chi connectivity index (χ3n) is 2.58. The van der Waals surface area contributed by atoms with E-state index in [4.69, 9.17) is 0 Å². The highest BCUT2D eigenvalue weighted by atomic mass is 19.3. The first-order valence-electron chi connectivity index (χ1n) is 5.36. The van der Waals surface area contributed by atoms with Crippen molar-refractivity contribution in [1.29, 1.82) is 0 Å². The number of carbonyl (C=O) groups is 1. The van der Waals surface area contributed by atoms with Crippen molar-refractivity contribution in [1.82, 2.24) is 0 Å². The number of hydrogen-bond donors (Lipinski definition) is 0. The fourth-order valence-corrected chi connectivity index (χ4v) is 1.74. The van der Waals surface area contributed by atoms with E-state index < -0.39 is 12.3 Å². The monoisotopic (exact) mass is 258 g/mol. The lowest BCUT2D eigenvalue weighted by atomic mass is 9.99. The number of ether oxygens (including phenoxy) is 3. The molecule has 1 heterocycles. The molecule has 0 radical (unpaired) electrons. The van der Waals surface area contributed by atoms with Gasteiger partial charge < -0.3 is 14.2 Å². The second-order valence-electron chi connectivity index (χ2n) is 4.21. The van der Waals surface area contributed by atoms with Gasteiger partial charge in [-0.05, 0) is 18.1 Å². The van der Waals surface area contributed by atoms with E-state index in [1.54, 1.807) is 13.8 Å². The van der Waals surface area contributed by atoms with Crippen molar-refractivity contribution in [2.45, 2.75) is 26.1 Å². The summed E-state index contributed by atoms with van der Waals surface area (Å²) >= 11 is 0. The molecule has 4 nitrogen and oxygen atoms in total. The molecule has 6 heteroatoms. The largest absolute Gasteiger partial charge is 0.586 e. The lowest BCUT2D eigenvalue weighted by Crippen LogP contribution is -2.26. The second-order valence-corrected chi connectivity index (χ2v) is 4.21. The molecule has 0 saturated heterocycles. The van der Waals surface area contributed by atoms with Crippen LogP contribution in [0.5, 0.6) is 11.5 Å². The van der Waals surface area contributed by atoms with E-state index in [-0.39, 0.29) is 23.0 Å². The lowest BCUT2D eigenvalue weighted by Gasteiger charge is -2.11. The van der Waals surface area contributed by atoms with E-state index in [9.17, 15) is 13.6 Å². The molecule has 0 amide bonds. The van der Waals surface area contributed by atoms with E-state index in [2.05, 4.69) is 14.2 Å². The lowest BCUT2D eigenvalue weighted by molar-refractivity contribution is -0.287. The molecule has 1 aliphatic rings. The average Bonchev–Trinajstić information content (AvgIpc) is 2.59. The van der Waals surface area contributed by atoms with Crippen LogP contribution in [0.2, 0.25) is 0 Å². The number of methoxy groups -OCH3 is 1. The minimum absolute atomic E-state index is 0.0253. The highest BCUT2D eigenvalue weighted by Gasteiger charge is 2.45. The van der Waals surface area contributed by atoms with Crippen molar-refractivity contribution in [2.24, 2.45) is 0 Å². The van der Waals surface area contributed by atoms with Crippen LogP contribution in [0.15, 0.2) is 12.1 Å². The first-order chi connectivity index (χ1) is 8.34. The number of carbonyl (C=O) groups excluding carboxylic acids is 1. The van der Waals surface area contributed by atoms with Crippen LogP contribution in [0, 0.1) is 0 Å². The quantitative estimate of drug-likeness (QED) is 0.765. The Bertz CT molecular complexity index is 497. The molecule has 1 aliphatic heterocycles. The van der Waals surface area contributed by atoms with E-state index in [0.717, 1.165) is 0 Å². The molecular formula is C12H12F2O4. The van der Waals surface area contributed by atoms with Gasteiger partial charge in [0.25, 0.3) is 0 Å². The Morgan fingerprint density at radius 2 is 2.00 bits per heavy atom. The molecular weight excluding hydrogens is 246 g/mol. The van der Waals surface area contributed by atoms with Gasteiger partial charge in [0, 0.05) is 5.56 Å². The molecule has 0 aliphatic carbocycles. The minimum Gasteiger partial charge on any atom is -0.465 e. The van der Waals surface area contributed by atoms with Crippen LogP contribution in [0.25, 0.3) is 0 Å².